The molecule has 1 aromatic carbocycles. The highest BCUT2D eigenvalue weighted by Crippen LogP contribution is 2.08. The molecule has 1 rings (SSSR count). The molecule has 0 radical (unpaired) electrons. The van der Waals surface area contributed by atoms with Crippen LogP contribution in [0.1, 0.15) is 15.9 Å². The summed E-state index contributed by atoms with van der Waals surface area (Å²) >= 11 is 0. The van der Waals surface area contributed by atoms with Gasteiger partial charge < -0.3 is 15.5 Å². The maximum atomic E-state index is 13.1. The monoisotopic (exact) mass is 241 g/mol. The van der Waals surface area contributed by atoms with E-state index in [0.717, 1.165) is 6.07 Å². The molecule has 5 nitrogen and oxygen atoms in total. The SMILES string of the molecule is Cc1ccc(C(=O)NC[C@H](O)C(=O)O)cc1F. The third-order valence-corrected chi connectivity index (χ3v) is 2.18. The molecule has 0 saturated carbocycles. The van der Waals surface area contributed by atoms with Crippen molar-refractivity contribution in [3.8, 4) is 0 Å². The first-order valence-corrected chi connectivity index (χ1v) is 4.87. The number of benzene rings is 1. The van der Waals surface area contributed by atoms with Gasteiger partial charge in [0.15, 0.2) is 6.10 Å². The quantitative estimate of drug-likeness (QED) is 0.708. The van der Waals surface area contributed by atoms with Gasteiger partial charge in [-0.15, -0.1) is 0 Å². The zero-order chi connectivity index (χ0) is 13.0. The Bertz CT molecular complexity index is 447. The Balaban J connectivity index is 2.64. The Hall–Kier alpha value is -1.95. The van der Waals surface area contributed by atoms with Crippen LogP contribution in [-0.2, 0) is 4.79 Å². The van der Waals surface area contributed by atoms with Gasteiger partial charge >= 0.3 is 5.97 Å². The lowest BCUT2D eigenvalue weighted by Crippen LogP contribution is -2.36. The van der Waals surface area contributed by atoms with Crippen molar-refractivity contribution in [1.82, 2.24) is 5.32 Å². The van der Waals surface area contributed by atoms with Crippen LogP contribution in [0.4, 0.5) is 4.39 Å². The fourth-order valence-electron chi connectivity index (χ4n) is 1.11. The van der Waals surface area contributed by atoms with Crippen molar-refractivity contribution in [3.63, 3.8) is 0 Å². The Labute approximate surface area is 96.9 Å². The van der Waals surface area contributed by atoms with Crippen molar-refractivity contribution in [2.75, 3.05) is 6.54 Å². The van der Waals surface area contributed by atoms with Crippen LogP contribution in [0.3, 0.4) is 0 Å². The number of rotatable bonds is 4. The molecule has 0 unspecified atom stereocenters. The lowest BCUT2D eigenvalue weighted by Gasteiger charge is -2.08. The fourth-order valence-corrected chi connectivity index (χ4v) is 1.11. The molecule has 0 spiro atoms. The smallest absolute Gasteiger partial charge is 0.334 e. The number of amides is 1. The minimum atomic E-state index is -1.67. The summed E-state index contributed by atoms with van der Waals surface area (Å²) in [7, 11) is 0. The summed E-state index contributed by atoms with van der Waals surface area (Å²) in [6.45, 7) is 1.13. The van der Waals surface area contributed by atoms with Crippen LogP contribution < -0.4 is 5.32 Å². The van der Waals surface area contributed by atoms with Crippen LogP contribution in [0.5, 0.6) is 0 Å². The molecule has 0 aliphatic rings. The van der Waals surface area contributed by atoms with Crippen molar-refractivity contribution in [2.45, 2.75) is 13.0 Å². The molecule has 17 heavy (non-hydrogen) atoms. The van der Waals surface area contributed by atoms with Crippen molar-refractivity contribution in [2.24, 2.45) is 0 Å². The van der Waals surface area contributed by atoms with Crippen LogP contribution in [-0.4, -0.2) is 34.7 Å². The van der Waals surface area contributed by atoms with Gasteiger partial charge in [0.2, 0.25) is 0 Å². The van der Waals surface area contributed by atoms with Crippen LogP contribution in [0, 0.1) is 12.7 Å². The third-order valence-electron chi connectivity index (χ3n) is 2.18. The molecule has 3 N–H and O–H groups in total. The molecule has 1 aromatic rings. The summed E-state index contributed by atoms with van der Waals surface area (Å²) in [4.78, 5) is 21.7. The summed E-state index contributed by atoms with van der Waals surface area (Å²) < 4.78 is 13.1. The normalized spacial score (nSPS) is 11.9. The topological polar surface area (TPSA) is 86.6 Å². The number of halogens is 1. The number of carboxylic acid groups (broad SMARTS) is 1. The first-order valence-electron chi connectivity index (χ1n) is 4.87. The van der Waals surface area contributed by atoms with Gasteiger partial charge in [-0.25, -0.2) is 9.18 Å². The summed E-state index contributed by atoms with van der Waals surface area (Å²) in [6, 6.07) is 3.91. The molecule has 0 heterocycles. The minimum absolute atomic E-state index is 0.0747. The van der Waals surface area contributed by atoms with Crippen LogP contribution in [0.2, 0.25) is 0 Å². The predicted octanol–water partition coefficient (Wildman–Crippen LogP) is 0.309. The number of aliphatic hydroxyl groups is 1. The zero-order valence-electron chi connectivity index (χ0n) is 9.11. The van der Waals surface area contributed by atoms with Gasteiger partial charge in [-0.3, -0.25) is 4.79 Å². The largest absolute Gasteiger partial charge is 0.479 e. The van der Waals surface area contributed by atoms with E-state index >= 15 is 0 Å². The number of carbonyl (C=O) groups is 2. The molecule has 1 amide bonds. The van der Waals surface area contributed by atoms with Crippen molar-refractivity contribution < 1.29 is 24.2 Å². The second-order valence-corrected chi connectivity index (χ2v) is 3.53. The molecule has 0 aliphatic carbocycles. The molecular weight excluding hydrogens is 229 g/mol. The van der Waals surface area contributed by atoms with Gasteiger partial charge in [0.1, 0.15) is 5.82 Å². The van der Waals surface area contributed by atoms with E-state index in [1.165, 1.54) is 12.1 Å². The van der Waals surface area contributed by atoms with Crippen molar-refractivity contribution in [3.05, 3.63) is 35.1 Å². The predicted molar refractivity (Wildman–Crippen MR) is 57.1 cm³/mol. The number of carboxylic acids is 1. The average molecular weight is 241 g/mol. The van der Waals surface area contributed by atoms with E-state index < -0.39 is 30.3 Å². The van der Waals surface area contributed by atoms with E-state index in [0.29, 0.717) is 5.56 Å². The van der Waals surface area contributed by atoms with Gasteiger partial charge in [-0.1, -0.05) is 6.07 Å². The lowest BCUT2D eigenvalue weighted by molar-refractivity contribution is -0.146. The summed E-state index contributed by atoms with van der Waals surface area (Å²) in [5.74, 6) is -2.58. The van der Waals surface area contributed by atoms with Gasteiger partial charge in [0, 0.05) is 5.56 Å². The summed E-state index contributed by atoms with van der Waals surface area (Å²) in [5.41, 5.74) is 0.484. The van der Waals surface area contributed by atoms with Gasteiger partial charge in [-0.05, 0) is 24.6 Å². The van der Waals surface area contributed by atoms with E-state index in [2.05, 4.69) is 5.32 Å². The number of hydrogen-bond donors (Lipinski definition) is 3. The van der Waals surface area contributed by atoms with Crippen molar-refractivity contribution in [1.29, 1.82) is 0 Å². The van der Waals surface area contributed by atoms with Crippen LogP contribution >= 0.6 is 0 Å². The van der Waals surface area contributed by atoms with E-state index in [9.17, 15) is 14.0 Å². The van der Waals surface area contributed by atoms with Gasteiger partial charge in [-0.2, -0.15) is 0 Å². The molecule has 0 saturated heterocycles. The number of aryl methyl sites for hydroxylation is 1. The highest BCUT2D eigenvalue weighted by molar-refractivity contribution is 5.94. The molecule has 0 fully saturated rings. The second-order valence-electron chi connectivity index (χ2n) is 3.53. The average Bonchev–Trinajstić information content (AvgIpc) is 2.28. The number of nitrogens with one attached hydrogen (secondary N) is 1. The maximum absolute atomic E-state index is 13.1. The molecular formula is C11H12FNO4. The summed E-state index contributed by atoms with van der Waals surface area (Å²) in [5, 5.41) is 19.5. The molecule has 6 heteroatoms. The zero-order valence-corrected chi connectivity index (χ0v) is 9.11. The Morgan fingerprint density at radius 1 is 1.47 bits per heavy atom. The number of carbonyl (C=O) groups excluding carboxylic acids is 1. The summed E-state index contributed by atoms with van der Waals surface area (Å²) in [6.07, 6.45) is -1.67. The van der Waals surface area contributed by atoms with Crippen LogP contribution in [0.15, 0.2) is 18.2 Å². The number of aliphatic hydroxyl groups excluding tert-OH is 1. The Morgan fingerprint density at radius 2 is 2.12 bits per heavy atom. The number of hydrogen-bond acceptors (Lipinski definition) is 3. The molecule has 0 aromatic heterocycles. The molecule has 1 atom stereocenters. The lowest BCUT2D eigenvalue weighted by atomic mass is 10.1. The first kappa shape index (κ1) is 13.1. The van der Waals surface area contributed by atoms with Gasteiger partial charge in [0.05, 0.1) is 6.54 Å². The van der Waals surface area contributed by atoms with Crippen LogP contribution in [0.25, 0.3) is 0 Å². The molecule has 0 bridgehead atoms. The fraction of sp³-hybridized carbons (Fsp3) is 0.273. The van der Waals surface area contributed by atoms with E-state index in [1.54, 1.807) is 6.92 Å². The van der Waals surface area contributed by atoms with Gasteiger partial charge in [0.25, 0.3) is 5.91 Å². The maximum Gasteiger partial charge on any atom is 0.334 e. The Morgan fingerprint density at radius 3 is 2.65 bits per heavy atom. The van der Waals surface area contributed by atoms with E-state index in [4.69, 9.17) is 10.2 Å². The van der Waals surface area contributed by atoms with Crippen molar-refractivity contribution >= 4 is 11.9 Å². The molecule has 92 valence electrons. The first-order chi connectivity index (χ1) is 7.91. The van der Waals surface area contributed by atoms with E-state index in [1.807, 2.05) is 0 Å². The standard InChI is InChI=1S/C11H12FNO4/c1-6-2-3-7(4-8(6)12)10(15)13-5-9(14)11(16)17/h2-4,9,14H,5H2,1H3,(H,13,15)(H,16,17)/t9-/m0/s1. The highest BCUT2D eigenvalue weighted by atomic mass is 19.1. The van der Waals surface area contributed by atoms with E-state index in [-0.39, 0.29) is 5.56 Å². The third kappa shape index (κ3) is 3.53. The second kappa shape index (κ2) is 5.40. The minimum Gasteiger partial charge on any atom is -0.479 e. The number of aliphatic carboxylic acids is 1. The Kier molecular flexibility index (Phi) is 4.17. The molecule has 0 aliphatic heterocycles. The highest BCUT2D eigenvalue weighted by Gasteiger charge is 2.15.